The Hall–Kier alpha value is -0.570. The summed E-state index contributed by atoms with van der Waals surface area (Å²) >= 11 is 0. The van der Waals surface area contributed by atoms with Crippen LogP contribution in [0.4, 0.5) is 0 Å². The van der Waals surface area contributed by atoms with Crippen molar-refractivity contribution >= 4 is 5.91 Å². The average molecular weight is 224 g/mol. The zero-order valence-electron chi connectivity index (χ0n) is 10.5. The molecule has 1 aliphatic heterocycles. The topological polar surface area (TPSA) is 32.3 Å². The smallest absolute Gasteiger partial charge is 0.227 e. The fourth-order valence-corrected chi connectivity index (χ4v) is 2.43. The first-order chi connectivity index (χ1) is 7.68. The molecule has 1 saturated carbocycles. The number of carbonyl (C=O) groups is 1. The molecule has 0 spiro atoms. The third-order valence-electron chi connectivity index (χ3n) is 3.70. The number of rotatable bonds is 4. The number of piperidine rings is 1. The van der Waals surface area contributed by atoms with Crippen molar-refractivity contribution in [2.75, 3.05) is 19.6 Å². The third-order valence-corrected chi connectivity index (χ3v) is 3.70. The predicted molar refractivity (Wildman–Crippen MR) is 65.2 cm³/mol. The maximum absolute atomic E-state index is 12.4. The van der Waals surface area contributed by atoms with E-state index in [0.717, 1.165) is 38.4 Å². The lowest BCUT2D eigenvalue weighted by molar-refractivity contribution is -0.138. The Balaban J connectivity index is 1.91. The molecule has 1 aliphatic carbocycles. The fraction of sp³-hybridized carbons (Fsp3) is 0.923. The first-order valence-electron chi connectivity index (χ1n) is 6.69. The molecule has 0 aromatic carbocycles. The molecule has 0 aromatic heterocycles. The van der Waals surface area contributed by atoms with Crippen LogP contribution in [0.25, 0.3) is 0 Å². The first-order valence-corrected chi connectivity index (χ1v) is 6.69. The maximum Gasteiger partial charge on any atom is 0.227 e. The SMILES string of the molecule is CC(C)N(CC1CC1)C(=O)[C@@H]1CCCNC1. The van der Waals surface area contributed by atoms with Gasteiger partial charge in [-0.3, -0.25) is 4.79 Å². The average Bonchev–Trinajstić information content (AvgIpc) is 3.09. The lowest BCUT2D eigenvalue weighted by atomic mass is 9.97. The van der Waals surface area contributed by atoms with Crippen molar-refractivity contribution in [2.45, 2.75) is 45.6 Å². The molecule has 2 fully saturated rings. The third kappa shape index (κ3) is 2.97. The van der Waals surface area contributed by atoms with Crippen LogP contribution in [0.3, 0.4) is 0 Å². The summed E-state index contributed by atoms with van der Waals surface area (Å²) < 4.78 is 0. The van der Waals surface area contributed by atoms with Crippen LogP contribution < -0.4 is 5.32 Å². The Bertz CT molecular complexity index is 242. The summed E-state index contributed by atoms with van der Waals surface area (Å²) in [4.78, 5) is 14.5. The molecular formula is C13H24N2O. The van der Waals surface area contributed by atoms with Crippen molar-refractivity contribution in [3.05, 3.63) is 0 Å². The van der Waals surface area contributed by atoms with Gasteiger partial charge in [0.25, 0.3) is 0 Å². The first kappa shape index (κ1) is 11.9. The van der Waals surface area contributed by atoms with Crippen molar-refractivity contribution in [3.63, 3.8) is 0 Å². The zero-order valence-corrected chi connectivity index (χ0v) is 10.5. The molecule has 1 amide bonds. The van der Waals surface area contributed by atoms with Gasteiger partial charge in [-0.1, -0.05) is 0 Å². The van der Waals surface area contributed by atoms with E-state index < -0.39 is 0 Å². The summed E-state index contributed by atoms with van der Waals surface area (Å²) in [6, 6.07) is 0.357. The van der Waals surface area contributed by atoms with E-state index in [0.29, 0.717) is 11.9 Å². The van der Waals surface area contributed by atoms with Crippen LogP contribution in [0.15, 0.2) is 0 Å². The molecule has 1 atom stereocenters. The summed E-state index contributed by atoms with van der Waals surface area (Å²) in [7, 11) is 0. The maximum atomic E-state index is 12.4. The van der Waals surface area contributed by atoms with Crippen molar-refractivity contribution in [1.82, 2.24) is 10.2 Å². The van der Waals surface area contributed by atoms with Crippen molar-refractivity contribution in [2.24, 2.45) is 11.8 Å². The van der Waals surface area contributed by atoms with Crippen LogP contribution in [-0.4, -0.2) is 36.5 Å². The number of hydrogen-bond acceptors (Lipinski definition) is 2. The Labute approximate surface area is 98.6 Å². The van der Waals surface area contributed by atoms with Crippen LogP contribution in [0.1, 0.15) is 39.5 Å². The highest BCUT2D eigenvalue weighted by Crippen LogP contribution is 2.31. The fourth-order valence-electron chi connectivity index (χ4n) is 2.43. The Morgan fingerprint density at radius 1 is 1.38 bits per heavy atom. The van der Waals surface area contributed by atoms with E-state index in [4.69, 9.17) is 0 Å². The Kier molecular flexibility index (Phi) is 3.85. The van der Waals surface area contributed by atoms with Crippen molar-refractivity contribution < 1.29 is 4.79 Å². The molecule has 0 aromatic rings. The molecule has 1 heterocycles. The molecule has 1 saturated heterocycles. The minimum atomic E-state index is 0.231. The summed E-state index contributed by atoms with van der Waals surface area (Å²) in [6.45, 7) is 7.22. The summed E-state index contributed by atoms with van der Waals surface area (Å²) in [5.74, 6) is 1.41. The van der Waals surface area contributed by atoms with Gasteiger partial charge in [0.1, 0.15) is 0 Å². The zero-order chi connectivity index (χ0) is 11.5. The van der Waals surface area contributed by atoms with E-state index in [1.165, 1.54) is 12.8 Å². The van der Waals surface area contributed by atoms with Crippen LogP contribution in [0.5, 0.6) is 0 Å². The molecule has 1 N–H and O–H groups in total. The van der Waals surface area contributed by atoms with Gasteiger partial charge < -0.3 is 10.2 Å². The van der Waals surface area contributed by atoms with Gasteiger partial charge in [0.05, 0.1) is 5.92 Å². The molecule has 2 rings (SSSR count). The summed E-state index contributed by atoms with van der Waals surface area (Å²) in [6.07, 6.45) is 4.85. The number of nitrogens with zero attached hydrogens (tertiary/aromatic N) is 1. The number of hydrogen-bond donors (Lipinski definition) is 1. The molecule has 0 unspecified atom stereocenters. The molecule has 0 radical (unpaired) electrons. The highest BCUT2D eigenvalue weighted by molar-refractivity contribution is 5.79. The second kappa shape index (κ2) is 5.17. The van der Waals surface area contributed by atoms with E-state index in [1.807, 2.05) is 0 Å². The number of amides is 1. The monoisotopic (exact) mass is 224 g/mol. The van der Waals surface area contributed by atoms with E-state index in [2.05, 4.69) is 24.1 Å². The van der Waals surface area contributed by atoms with Crippen LogP contribution >= 0.6 is 0 Å². The van der Waals surface area contributed by atoms with Crippen LogP contribution in [-0.2, 0) is 4.79 Å². The molecule has 3 heteroatoms. The minimum absolute atomic E-state index is 0.231. The van der Waals surface area contributed by atoms with Gasteiger partial charge in [0.2, 0.25) is 5.91 Å². The Morgan fingerprint density at radius 3 is 2.62 bits per heavy atom. The second-order valence-electron chi connectivity index (χ2n) is 5.57. The van der Waals surface area contributed by atoms with Gasteiger partial charge in [-0.25, -0.2) is 0 Å². The largest absolute Gasteiger partial charge is 0.340 e. The predicted octanol–water partition coefficient (Wildman–Crippen LogP) is 1.63. The van der Waals surface area contributed by atoms with Gasteiger partial charge >= 0.3 is 0 Å². The molecule has 16 heavy (non-hydrogen) atoms. The highest BCUT2D eigenvalue weighted by Gasteiger charge is 2.32. The van der Waals surface area contributed by atoms with E-state index in [-0.39, 0.29) is 5.92 Å². The normalized spacial score (nSPS) is 25.8. The molecular weight excluding hydrogens is 200 g/mol. The minimum Gasteiger partial charge on any atom is -0.340 e. The quantitative estimate of drug-likeness (QED) is 0.787. The summed E-state index contributed by atoms with van der Waals surface area (Å²) in [5, 5.41) is 3.33. The lowest BCUT2D eigenvalue weighted by Crippen LogP contribution is -2.46. The second-order valence-corrected chi connectivity index (χ2v) is 5.57. The van der Waals surface area contributed by atoms with Gasteiger partial charge in [-0.05, 0) is 52.0 Å². The van der Waals surface area contributed by atoms with E-state index in [1.54, 1.807) is 0 Å². The van der Waals surface area contributed by atoms with Crippen LogP contribution in [0.2, 0.25) is 0 Å². The highest BCUT2D eigenvalue weighted by atomic mass is 16.2. The van der Waals surface area contributed by atoms with Crippen molar-refractivity contribution in [1.29, 1.82) is 0 Å². The van der Waals surface area contributed by atoms with Crippen LogP contribution in [0, 0.1) is 11.8 Å². The molecule has 92 valence electrons. The van der Waals surface area contributed by atoms with Gasteiger partial charge in [0, 0.05) is 19.1 Å². The number of carbonyl (C=O) groups excluding carboxylic acids is 1. The summed E-state index contributed by atoms with van der Waals surface area (Å²) in [5.41, 5.74) is 0. The lowest BCUT2D eigenvalue weighted by Gasteiger charge is -2.32. The Morgan fingerprint density at radius 2 is 2.12 bits per heavy atom. The molecule has 2 aliphatic rings. The van der Waals surface area contributed by atoms with E-state index in [9.17, 15) is 4.79 Å². The van der Waals surface area contributed by atoms with Gasteiger partial charge in [-0.2, -0.15) is 0 Å². The molecule has 3 nitrogen and oxygen atoms in total. The van der Waals surface area contributed by atoms with Crippen molar-refractivity contribution in [3.8, 4) is 0 Å². The standard InChI is InChI=1S/C13H24N2O/c1-10(2)15(9-11-5-6-11)13(16)12-4-3-7-14-8-12/h10-12,14H,3-9H2,1-2H3/t12-/m1/s1. The number of nitrogens with one attached hydrogen (secondary N) is 1. The van der Waals surface area contributed by atoms with Gasteiger partial charge in [-0.15, -0.1) is 0 Å². The van der Waals surface area contributed by atoms with Gasteiger partial charge in [0.15, 0.2) is 0 Å². The molecule has 0 bridgehead atoms. The van der Waals surface area contributed by atoms with E-state index >= 15 is 0 Å².